The largest absolute Gasteiger partial charge is 0.352 e. The van der Waals surface area contributed by atoms with E-state index in [0.717, 1.165) is 17.7 Å². The Bertz CT molecular complexity index is 545. The standard InChI is InChI=1S/C14H17N3O/c1-11-4-3-5-12(8-11)14(18)16-7-6-13-9-15-10-17(13)2/h3-5,8-10H,6-7H2,1-2H3,(H,16,18). The van der Waals surface area contributed by atoms with E-state index in [1.54, 1.807) is 6.33 Å². The zero-order valence-corrected chi connectivity index (χ0v) is 10.7. The molecule has 1 amide bonds. The van der Waals surface area contributed by atoms with Crippen LogP contribution in [-0.2, 0) is 13.5 Å². The summed E-state index contributed by atoms with van der Waals surface area (Å²) in [5.74, 6) is -0.0270. The quantitative estimate of drug-likeness (QED) is 0.888. The summed E-state index contributed by atoms with van der Waals surface area (Å²) in [6.45, 7) is 2.60. The maximum Gasteiger partial charge on any atom is 0.251 e. The van der Waals surface area contributed by atoms with Crippen LogP contribution in [-0.4, -0.2) is 22.0 Å². The number of imidazole rings is 1. The number of nitrogens with zero attached hydrogens (tertiary/aromatic N) is 2. The number of benzene rings is 1. The SMILES string of the molecule is Cc1cccc(C(=O)NCCc2cncn2C)c1. The van der Waals surface area contributed by atoms with Crippen molar-refractivity contribution in [1.82, 2.24) is 14.9 Å². The number of carbonyl (C=O) groups excluding carboxylic acids is 1. The summed E-state index contributed by atoms with van der Waals surface area (Å²) in [5, 5.41) is 2.91. The fourth-order valence-electron chi connectivity index (χ4n) is 1.82. The maximum absolute atomic E-state index is 11.9. The minimum Gasteiger partial charge on any atom is -0.352 e. The third kappa shape index (κ3) is 2.97. The number of amides is 1. The lowest BCUT2D eigenvalue weighted by molar-refractivity contribution is 0.0954. The molecule has 1 heterocycles. The van der Waals surface area contributed by atoms with Crippen molar-refractivity contribution in [2.45, 2.75) is 13.3 Å². The van der Waals surface area contributed by atoms with E-state index in [2.05, 4.69) is 10.3 Å². The molecule has 1 aromatic heterocycles. The molecule has 1 aromatic carbocycles. The van der Waals surface area contributed by atoms with E-state index in [1.165, 1.54) is 0 Å². The Morgan fingerprint density at radius 3 is 2.94 bits per heavy atom. The van der Waals surface area contributed by atoms with Gasteiger partial charge in [0.1, 0.15) is 0 Å². The number of rotatable bonds is 4. The second-order valence-corrected chi connectivity index (χ2v) is 4.37. The van der Waals surface area contributed by atoms with Gasteiger partial charge in [0.15, 0.2) is 0 Å². The van der Waals surface area contributed by atoms with Gasteiger partial charge in [0.2, 0.25) is 0 Å². The summed E-state index contributed by atoms with van der Waals surface area (Å²) in [7, 11) is 1.95. The van der Waals surface area contributed by atoms with Crippen molar-refractivity contribution >= 4 is 5.91 Å². The Hall–Kier alpha value is -2.10. The van der Waals surface area contributed by atoms with Gasteiger partial charge in [-0.25, -0.2) is 4.98 Å². The van der Waals surface area contributed by atoms with Crippen LogP contribution in [0.15, 0.2) is 36.8 Å². The molecule has 18 heavy (non-hydrogen) atoms. The summed E-state index contributed by atoms with van der Waals surface area (Å²) >= 11 is 0. The topological polar surface area (TPSA) is 46.9 Å². The van der Waals surface area contributed by atoms with Crippen molar-refractivity contribution in [3.63, 3.8) is 0 Å². The Balaban J connectivity index is 1.87. The minimum atomic E-state index is -0.0270. The molecule has 0 spiro atoms. The minimum absolute atomic E-state index is 0.0270. The molecule has 2 aromatic rings. The third-order valence-electron chi connectivity index (χ3n) is 2.86. The van der Waals surface area contributed by atoms with E-state index < -0.39 is 0 Å². The molecule has 0 aliphatic carbocycles. The van der Waals surface area contributed by atoms with Gasteiger partial charge in [-0.1, -0.05) is 17.7 Å². The first-order valence-corrected chi connectivity index (χ1v) is 5.97. The van der Waals surface area contributed by atoms with Gasteiger partial charge in [-0.05, 0) is 19.1 Å². The second kappa shape index (κ2) is 5.49. The lowest BCUT2D eigenvalue weighted by Gasteiger charge is -2.06. The van der Waals surface area contributed by atoms with Crippen LogP contribution in [0.3, 0.4) is 0 Å². The number of aryl methyl sites for hydroxylation is 2. The maximum atomic E-state index is 11.9. The number of carbonyl (C=O) groups is 1. The molecule has 0 atom stereocenters. The smallest absolute Gasteiger partial charge is 0.251 e. The van der Waals surface area contributed by atoms with Crippen molar-refractivity contribution in [1.29, 1.82) is 0 Å². The highest BCUT2D eigenvalue weighted by Gasteiger charge is 2.05. The summed E-state index contributed by atoms with van der Waals surface area (Å²) in [6, 6.07) is 7.59. The molecule has 0 radical (unpaired) electrons. The molecule has 0 saturated carbocycles. The fourth-order valence-corrected chi connectivity index (χ4v) is 1.82. The molecule has 0 aliphatic heterocycles. The van der Waals surface area contributed by atoms with Gasteiger partial charge in [-0.3, -0.25) is 4.79 Å². The van der Waals surface area contributed by atoms with Gasteiger partial charge in [0, 0.05) is 37.5 Å². The van der Waals surface area contributed by atoms with Gasteiger partial charge in [-0.15, -0.1) is 0 Å². The van der Waals surface area contributed by atoms with Crippen molar-refractivity contribution in [3.8, 4) is 0 Å². The summed E-state index contributed by atoms with van der Waals surface area (Å²) in [5.41, 5.74) is 2.91. The summed E-state index contributed by atoms with van der Waals surface area (Å²) in [6.07, 6.45) is 4.37. The fraction of sp³-hybridized carbons (Fsp3) is 0.286. The van der Waals surface area contributed by atoms with Crippen LogP contribution in [0.2, 0.25) is 0 Å². The van der Waals surface area contributed by atoms with E-state index >= 15 is 0 Å². The predicted molar refractivity (Wildman–Crippen MR) is 70.4 cm³/mol. The Morgan fingerprint density at radius 1 is 1.44 bits per heavy atom. The third-order valence-corrected chi connectivity index (χ3v) is 2.86. The monoisotopic (exact) mass is 243 g/mol. The molecule has 0 unspecified atom stereocenters. The highest BCUT2D eigenvalue weighted by Crippen LogP contribution is 2.03. The molecule has 1 N–H and O–H groups in total. The second-order valence-electron chi connectivity index (χ2n) is 4.37. The zero-order chi connectivity index (χ0) is 13.0. The Kier molecular flexibility index (Phi) is 3.77. The van der Waals surface area contributed by atoms with Crippen molar-refractivity contribution in [2.24, 2.45) is 7.05 Å². The van der Waals surface area contributed by atoms with Crippen molar-refractivity contribution in [3.05, 3.63) is 53.6 Å². The zero-order valence-electron chi connectivity index (χ0n) is 10.7. The van der Waals surface area contributed by atoms with E-state index in [4.69, 9.17) is 0 Å². The average Bonchev–Trinajstić information content (AvgIpc) is 2.75. The van der Waals surface area contributed by atoms with Gasteiger partial charge in [0.05, 0.1) is 6.33 Å². The highest BCUT2D eigenvalue weighted by molar-refractivity contribution is 5.94. The molecule has 4 nitrogen and oxygen atoms in total. The van der Waals surface area contributed by atoms with Crippen LogP contribution in [0.5, 0.6) is 0 Å². The highest BCUT2D eigenvalue weighted by atomic mass is 16.1. The summed E-state index contributed by atoms with van der Waals surface area (Å²) in [4.78, 5) is 15.9. The molecule has 0 fully saturated rings. The molecule has 2 rings (SSSR count). The van der Waals surface area contributed by atoms with Crippen LogP contribution in [0.25, 0.3) is 0 Å². The van der Waals surface area contributed by atoms with E-state index in [1.807, 2.05) is 49.0 Å². The summed E-state index contributed by atoms with van der Waals surface area (Å²) < 4.78 is 1.96. The molecular weight excluding hydrogens is 226 g/mol. The average molecular weight is 243 g/mol. The van der Waals surface area contributed by atoms with E-state index in [0.29, 0.717) is 12.1 Å². The Labute approximate surface area is 107 Å². The first-order chi connectivity index (χ1) is 8.66. The lowest BCUT2D eigenvalue weighted by atomic mass is 10.1. The van der Waals surface area contributed by atoms with Gasteiger partial charge >= 0.3 is 0 Å². The van der Waals surface area contributed by atoms with Gasteiger partial charge in [-0.2, -0.15) is 0 Å². The van der Waals surface area contributed by atoms with Gasteiger partial charge in [0.25, 0.3) is 5.91 Å². The van der Waals surface area contributed by atoms with Crippen molar-refractivity contribution < 1.29 is 4.79 Å². The van der Waals surface area contributed by atoms with Crippen LogP contribution in [0.1, 0.15) is 21.6 Å². The molecular formula is C14H17N3O. The first kappa shape index (κ1) is 12.4. The molecule has 0 bridgehead atoms. The first-order valence-electron chi connectivity index (χ1n) is 5.97. The number of aromatic nitrogens is 2. The molecule has 94 valence electrons. The number of hydrogen-bond acceptors (Lipinski definition) is 2. The number of hydrogen-bond donors (Lipinski definition) is 1. The van der Waals surface area contributed by atoms with Crippen LogP contribution in [0, 0.1) is 6.92 Å². The molecule has 0 saturated heterocycles. The van der Waals surface area contributed by atoms with Crippen LogP contribution < -0.4 is 5.32 Å². The van der Waals surface area contributed by atoms with Crippen molar-refractivity contribution in [2.75, 3.05) is 6.54 Å². The normalized spacial score (nSPS) is 10.3. The lowest BCUT2D eigenvalue weighted by Crippen LogP contribution is -2.26. The Morgan fingerprint density at radius 2 is 2.28 bits per heavy atom. The van der Waals surface area contributed by atoms with Gasteiger partial charge < -0.3 is 9.88 Å². The molecule has 4 heteroatoms. The van der Waals surface area contributed by atoms with E-state index in [-0.39, 0.29) is 5.91 Å². The molecule has 0 aliphatic rings. The van der Waals surface area contributed by atoms with Crippen LogP contribution in [0.4, 0.5) is 0 Å². The van der Waals surface area contributed by atoms with E-state index in [9.17, 15) is 4.79 Å². The number of nitrogens with one attached hydrogen (secondary N) is 1. The predicted octanol–water partition coefficient (Wildman–Crippen LogP) is 1.70. The van der Waals surface area contributed by atoms with Crippen LogP contribution >= 0.6 is 0 Å².